The van der Waals surface area contributed by atoms with Crippen LogP contribution >= 0.6 is 22.9 Å². The van der Waals surface area contributed by atoms with Crippen molar-refractivity contribution in [1.29, 1.82) is 0 Å². The van der Waals surface area contributed by atoms with Crippen molar-refractivity contribution in [3.8, 4) is 0 Å². The molecule has 0 bridgehead atoms. The second-order valence-electron chi connectivity index (χ2n) is 7.47. The van der Waals surface area contributed by atoms with Crippen LogP contribution in [-0.4, -0.2) is 16.8 Å². The third-order valence-corrected chi connectivity index (χ3v) is 6.11. The highest BCUT2D eigenvalue weighted by Gasteiger charge is 2.22. The van der Waals surface area contributed by atoms with E-state index in [0.29, 0.717) is 17.5 Å². The van der Waals surface area contributed by atoms with Crippen molar-refractivity contribution in [2.75, 3.05) is 0 Å². The maximum Gasteiger partial charge on any atom is 0.254 e. The molecule has 1 aromatic heterocycles. The minimum Gasteiger partial charge on any atom is -0.331 e. The van der Waals surface area contributed by atoms with Crippen molar-refractivity contribution in [3.05, 3.63) is 92.6 Å². The summed E-state index contributed by atoms with van der Waals surface area (Å²) in [6.07, 6.45) is 0.848. The Labute approximate surface area is 176 Å². The van der Waals surface area contributed by atoms with Gasteiger partial charge in [0.25, 0.3) is 5.91 Å². The molecule has 0 saturated carbocycles. The van der Waals surface area contributed by atoms with E-state index in [-0.39, 0.29) is 11.9 Å². The van der Waals surface area contributed by atoms with Crippen LogP contribution in [0.5, 0.6) is 0 Å². The number of nitrogens with zero attached hydrogens (tertiary/aromatic N) is 1. The summed E-state index contributed by atoms with van der Waals surface area (Å²) < 4.78 is 0. The number of rotatable bonds is 7. The largest absolute Gasteiger partial charge is 0.331 e. The monoisotopic (exact) mass is 411 g/mol. The van der Waals surface area contributed by atoms with Gasteiger partial charge in [0.2, 0.25) is 0 Å². The van der Waals surface area contributed by atoms with Gasteiger partial charge in [0.1, 0.15) is 0 Å². The van der Waals surface area contributed by atoms with Crippen LogP contribution in [0.15, 0.2) is 66.0 Å². The van der Waals surface area contributed by atoms with Crippen LogP contribution in [0.3, 0.4) is 0 Å². The van der Waals surface area contributed by atoms with Gasteiger partial charge in [-0.05, 0) is 59.7 Å². The lowest BCUT2D eigenvalue weighted by atomic mass is 10.0. The second kappa shape index (κ2) is 9.40. The first-order valence-corrected chi connectivity index (χ1v) is 10.9. The predicted molar refractivity (Wildman–Crippen MR) is 119 cm³/mol. The van der Waals surface area contributed by atoms with Crippen molar-refractivity contribution < 1.29 is 4.79 Å². The highest BCUT2D eigenvalue weighted by atomic mass is 35.5. The van der Waals surface area contributed by atoms with E-state index in [2.05, 4.69) is 50.4 Å². The van der Waals surface area contributed by atoms with Crippen LogP contribution in [0, 0.1) is 0 Å². The Kier molecular flexibility index (Phi) is 6.93. The number of amides is 1. The molecule has 0 spiro atoms. The summed E-state index contributed by atoms with van der Waals surface area (Å²) in [5.74, 6) is 0.515. The predicted octanol–water partition coefficient (Wildman–Crippen LogP) is 6.80. The fourth-order valence-electron chi connectivity index (χ4n) is 3.22. The number of benzene rings is 2. The molecule has 0 fully saturated rings. The Bertz CT molecular complexity index is 885. The maximum absolute atomic E-state index is 13.4. The Morgan fingerprint density at radius 1 is 1.00 bits per heavy atom. The van der Waals surface area contributed by atoms with Gasteiger partial charge in [-0.2, -0.15) is 0 Å². The molecule has 1 heterocycles. The maximum atomic E-state index is 13.4. The van der Waals surface area contributed by atoms with Crippen LogP contribution in [0.25, 0.3) is 0 Å². The van der Waals surface area contributed by atoms with E-state index in [0.717, 1.165) is 17.5 Å². The lowest BCUT2D eigenvalue weighted by Gasteiger charge is -2.29. The first-order valence-electron chi connectivity index (χ1n) is 9.62. The summed E-state index contributed by atoms with van der Waals surface area (Å²) in [6.45, 7) is 7.00. The van der Waals surface area contributed by atoms with Crippen LogP contribution < -0.4 is 0 Å². The van der Waals surface area contributed by atoms with Gasteiger partial charge in [0.15, 0.2) is 0 Å². The number of hydrogen-bond donors (Lipinski definition) is 0. The highest BCUT2D eigenvalue weighted by Crippen LogP contribution is 2.21. The Morgan fingerprint density at radius 2 is 1.68 bits per heavy atom. The standard InChI is InChI=1S/C24H26ClNOS/c1-17(2)20-8-10-21(11-9-20)24(27)26(16-19-6-12-22(25)13-7-19)18(3)15-23-5-4-14-28-23/h4-14,17-18H,15-16H2,1-3H3/t18-/m1/s1. The molecule has 4 heteroatoms. The van der Waals surface area contributed by atoms with Crippen LogP contribution in [-0.2, 0) is 13.0 Å². The molecule has 146 valence electrons. The minimum atomic E-state index is 0.0642. The van der Waals surface area contributed by atoms with Gasteiger partial charge in [-0.25, -0.2) is 0 Å². The van der Waals surface area contributed by atoms with Crippen molar-refractivity contribution in [3.63, 3.8) is 0 Å². The quantitative estimate of drug-likeness (QED) is 0.418. The molecule has 3 aromatic rings. The third-order valence-electron chi connectivity index (χ3n) is 4.96. The molecule has 0 aliphatic rings. The number of carbonyl (C=O) groups is 1. The first kappa shape index (κ1) is 20.6. The average molecular weight is 412 g/mol. The third kappa shape index (κ3) is 5.24. The summed E-state index contributed by atoms with van der Waals surface area (Å²) >= 11 is 7.76. The molecule has 2 nitrogen and oxygen atoms in total. The first-order chi connectivity index (χ1) is 13.4. The molecular formula is C24H26ClNOS. The van der Waals surface area contributed by atoms with E-state index < -0.39 is 0 Å². The van der Waals surface area contributed by atoms with E-state index in [1.165, 1.54) is 10.4 Å². The van der Waals surface area contributed by atoms with Crippen molar-refractivity contribution >= 4 is 28.8 Å². The lowest BCUT2D eigenvalue weighted by molar-refractivity contribution is 0.0676. The van der Waals surface area contributed by atoms with Gasteiger partial charge in [-0.15, -0.1) is 11.3 Å². The van der Waals surface area contributed by atoms with Gasteiger partial charge in [-0.1, -0.05) is 55.8 Å². The SMILES string of the molecule is CC(C)c1ccc(C(=O)N(Cc2ccc(Cl)cc2)[C@H](C)Cc2cccs2)cc1. The molecule has 0 aliphatic carbocycles. The molecule has 2 aromatic carbocycles. The van der Waals surface area contributed by atoms with Gasteiger partial charge in [-0.3, -0.25) is 4.79 Å². The number of thiophene rings is 1. The fourth-order valence-corrected chi connectivity index (χ4v) is 4.17. The number of halogens is 1. The lowest BCUT2D eigenvalue weighted by Crippen LogP contribution is -2.39. The molecule has 1 amide bonds. The van der Waals surface area contributed by atoms with Crippen molar-refractivity contribution in [2.45, 2.75) is 45.7 Å². The zero-order valence-corrected chi connectivity index (χ0v) is 18.1. The van der Waals surface area contributed by atoms with Gasteiger partial charge in [0, 0.05) is 34.5 Å². The average Bonchev–Trinajstić information content (AvgIpc) is 3.20. The molecule has 0 aliphatic heterocycles. The van der Waals surface area contributed by atoms with Crippen molar-refractivity contribution in [2.24, 2.45) is 0 Å². The van der Waals surface area contributed by atoms with Gasteiger partial charge < -0.3 is 4.90 Å². The van der Waals surface area contributed by atoms with E-state index in [1.807, 2.05) is 41.3 Å². The molecule has 0 radical (unpaired) electrons. The van der Waals surface area contributed by atoms with E-state index in [1.54, 1.807) is 11.3 Å². The Balaban J connectivity index is 1.85. The summed E-state index contributed by atoms with van der Waals surface area (Å²) in [7, 11) is 0. The molecule has 0 N–H and O–H groups in total. The zero-order chi connectivity index (χ0) is 20.1. The molecule has 0 unspecified atom stereocenters. The van der Waals surface area contributed by atoms with E-state index in [9.17, 15) is 4.79 Å². The van der Waals surface area contributed by atoms with E-state index in [4.69, 9.17) is 11.6 Å². The molecule has 0 saturated heterocycles. The van der Waals surface area contributed by atoms with Gasteiger partial charge in [0.05, 0.1) is 0 Å². The summed E-state index contributed by atoms with van der Waals surface area (Å²) in [6, 6.07) is 20.0. The summed E-state index contributed by atoms with van der Waals surface area (Å²) in [4.78, 5) is 16.6. The number of hydrogen-bond acceptors (Lipinski definition) is 2. The van der Waals surface area contributed by atoms with Crippen LogP contribution in [0.2, 0.25) is 5.02 Å². The molecule has 28 heavy (non-hydrogen) atoms. The fraction of sp³-hybridized carbons (Fsp3) is 0.292. The smallest absolute Gasteiger partial charge is 0.254 e. The summed E-state index contributed by atoms with van der Waals surface area (Å²) in [5, 5.41) is 2.79. The second-order valence-corrected chi connectivity index (χ2v) is 8.94. The Hall–Kier alpha value is -2.10. The van der Waals surface area contributed by atoms with Crippen LogP contribution in [0.1, 0.15) is 53.1 Å². The number of carbonyl (C=O) groups excluding carboxylic acids is 1. The van der Waals surface area contributed by atoms with E-state index >= 15 is 0 Å². The zero-order valence-electron chi connectivity index (χ0n) is 16.6. The minimum absolute atomic E-state index is 0.0642. The van der Waals surface area contributed by atoms with Crippen molar-refractivity contribution in [1.82, 2.24) is 4.90 Å². The highest BCUT2D eigenvalue weighted by molar-refractivity contribution is 7.09. The van der Waals surface area contributed by atoms with Gasteiger partial charge >= 0.3 is 0 Å². The molecule has 1 atom stereocenters. The normalized spacial score (nSPS) is 12.2. The molecule has 3 rings (SSSR count). The Morgan fingerprint density at radius 3 is 2.25 bits per heavy atom. The van der Waals surface area contributed by atoms with Crippen LogP contribution in [0.4, 0.5) is 0 Å². The molecular weight excluding hydrogens is 386 g/mol. The topological polar surface area (TPSA) is 20.3 Å². The summed E-state index contributed by atoms with van der Waals surface area (Å²) in [5.41, 5.74) is 3.05.